The molecule has 3 aliphatic heterocycles. The lowest BCUT2D eigenvalue weighted by molar-refractivity contribution is -0.137. The number of hydrogen-bond acceptors (Lipinski definition) is 5. The predicted molar refractivity (Wildman–Crippen MR) is 93.0 cm³/mol. The number of aliphatic hydroxyl groups excluding tert-OH is 1. The SMILES string of the molecule is CC(=O)N1CC2(CCN(C(=O)CN3CCOCC3)CC2)C[C@@]1(C)CO. The Kier molecular flexibility index (Phi) is 5.37. The Morgan fingerprint density at radius 2 is 1.76 bits per heavy atom. The van der Waals surface area contributed by atoms with Gasteiger partial charge >= 0.3 is 0 Å². The van der Waals surface area contributed by atoms with Crippen LogP contribution in [0.5, 0.6) is 0 Å². The molecule has 0 aromatic heterocycles. The van der Waals surface area contributed by atoms with Gasteiger partial charge in [-0.25, -0.2) is 0 Å². The van der Waals surface area contributed by atoms with Crippen LogP contribution in [0, 0.1) is 5.41 Å². The monoisotopic (exact) mass is 353 g/mol. The Balaban J connectivity index is 1.56. The lowest BCUT2D eigenvalue weighted by Crippen LogP contribution is -2.49. The molecule has 0 aliphatic carbocycles. The molecular weight excluding hydrogens is 322 g/mol. The van der Waals surface area contributed by atoms with Gasteiger partial charge in [-0.15, -0.1) is 0 Å². The molecule has 1 atom stereocenters. The molecule has 25 heavy (non-hydrogen) atoms. The number of amides is 2. The lowest BCUT2D eigenvalue weighted by Gasteiger charge is -2.40. The number of morpholine rings is 1. The molecule has 0 radical (unpaired) electrons. The van der Waals surface area contributed by atoms with Crippen molar-refractivity contribution in [3.63, 3.8) is 0 Å². The second-order valence-corrected chi connectivity index (χ2v) is 8.21. The zero-order valence-electron chi connectivity index (χ0n) is 15.5. The van der Waals surface area contributed by atoms with E-state index < -0.39 is 5.54 Å². The van der Waals surface area contributed by atoms with Crippen LogP contribution in [0.1, 0.15) is 33.1 Å². The maximum atomic E-state index is 12.6. The molecule has 1 N–H and O–H groups in total. The fourth-order valence-corrected chi connectivity index (χ4v) is 4.73. The van der Waals surface area contributed by atoms with Crippen LogP contribution >= 0.6 is 0 Å². The number of piperidine rings is 1. The maximum absolute atomic E-state index is 12.6. The summed E-state index contributed by atoms with van der Waals surface area (Å²) in [5.74, 6) is 0.224. The number of carbonyl (C=O) groups excluding carboxylic acids is 2. The maximum Gasteiger partial charge on any atom is 0.236 e. The van der Waals surface area contributed by atoms with Gasteiger partial charge in [-0.05, 0) is 31.6 Å². The summed E-state index contributed by atoms with van der Waals surface area (Å²) in [6.45, 7) is 9.27. The van der Waals surface area contributed by atoms with Crippen LogP contribution in [-0.2, 0) is 14.3 Å². The predicted octanol–water partition coefficient (Wildman–Crippen LogP) is -0.0694. The summed E-state index contributed by atoms with van der Waals surface area (Å²) >= 11 is 0. The topological polar surface area (TPSA) is 73.3 Å². The van der Waals surface area contributed by atoms with E-state index in [1.807, 2.05) is 16.7 Å². The van der Waals surface area contributed by atoms with Crippen molar-refractivity contribution in [1.82, 2.24) is 14.7 Å². The molecule has 0 aromatic rings. The van der Waals surface area contributed by atoms with Crippen LogP contribution in [0.15, 0.2) is 0 Å². The lowest BCUT2D eigenvalue weighted by atomic mass is 9.74. The third-order valence-corrected chi connectivity index (χ3v) is 6.26. The summed E-state index contributed by atoms with van der Waals surface area (Å²) in [5, 5.41) is 9.81. The largest absolute Gasteiger partial charge is 0.394 e. The Labute approximate surface area is 149 Å². The minimum Gasteiger partial charge on any atom is -0.394 e. The average molecular weight is 353 g/mol. The highest BCUT2D eigenvalue weighted by atomic mass is 16.5. The summed E-state index contributed by atoms with van der Waals surface area (Å²) in [7, 11) is 0. The van der Waals surface area contributed by atoms with E-state index in [4.69, 9.17) is 4.74 Å². The number of carbonyl (C=O) groups is 2. The van der Waals surface area contributed by atoms with E-state index >= 15 is 0 Å². The van der Waals surface area contributed by atoms with Crippen LogP contribution in [0.2, 0.25) is 0 Å². The molecule has 3 fully saturated rings. The summed E-state index contributed by atoms with van der Waals surface area (Å²) in [6, 6.07) is 0. The Morgan fingerprint density at radius 3 is 2.28 bits per heavy atom. The van der Waals surface area contributed by atoms with E-state index in [1.54, 1.807) is 6.92 Å². The van der Waals surface area contributed by atoms with Crippen LogP contribution in [0.3, 0.4) is 0 Å². The van der Waals surface area contributed by atoms with E-state index in [2.05, 4.69) is 4.90 Å². The van der Waals surface area contributed by atoms with Crippen LogP contribution < -0.4 is 0 Å². The Morgan fingerprint density at radius 1 is 1.12 bits per heavy atom. The first kappa shape index (κ1) is 18.6. The van der Waals surface area contributed by atoms with Crippen molar-refractivity contribution in [1.29, 1.82) is 0 Å². The quantitative estimate of drug-likeness (QED) is 0.769. The number of aliphatic hydroxyl groups is 1. The Bertz CT molecular complexity index is 512. The molecule has 3 saturated heterocycles. The summed E-state index contributed by atoms with van der Waals surface area (Å²) in [6.07, 6.45) is 2.63. The van der Waals surface area contributed by atoms with Crippen molar-refractivity contribution in [3.8, 4) is 0 Å². The van der Waals surface area contributed by atoms with Gasteiger partial charge < -0.3 is 19.6 Å². The van der Waals surface area contributed by atoms with Crippen molar-refractivity contribution in [2.75, 3.05) is 59.1 Å². The van der Waals surface area contributed by atoms with Gasteiger partial charge in [0.1, 0.15) is 0 Å². The first-order valence-corrected chi connectivity index (χ1v) is 9.34. The zero-order valence-corrected chi connectivity index (χ0v) is 15.5. The first-order valence-electron chi connectivity index (χ1n) is 9.34. The average Bonchev–Trinajstić information content (AvgIpc) is 2.90. The smallest absolute Gasteiger partial charge is 0.236 e. The van der Waals surface area contributed by atoms with E-state index in [9.17, 15) is 14.7 Å². The Hall–Kier alpha value is -1.18. The standard InChI is InChI=1S/C18H31N3O4/c1-15(23)21-13-18(12-17(21,2)14-22)3-5-20(6-4-18)16(24)11-19-7-9-25-10-8-19/h22H,3-14H2,1-2H3/t17-/m0/s1. The third-order valence-electron chi connectivity index (χ3n) is 6.26. The van der Waals surface area contributed by atoms with Gasteiger partial charge in [-0.3, -0.25) is 14.5 Å². The highest BCUT2D eigenvalue weighted by Gasteiger charge is 2.52. The second-order valence-electron chi connectivity index (χ2n) is 8.21. The molecule has 3 aliphatic rings. The van der Waals surface area contributed by atoms with Crippen molar-refractivity contribution in [2.45, 2.75) is 38.6 Å². The fraction of sp³-hybridized carbons (Fsp3) is 0.889. The molecule has 142 valence electrons. The number of nitrogens with zero attached hydrogens (tertiary/aromatic N) is 3. The summed E-state index contributed by atoms with van der Waals surface area (Å²) < 4.78 is 5.33. The second kappa shape index (κ2) is 7.21. The third kappa shape index (κ3) is 3.83. The molecule has 3 heterocycles. The molecule has 0 unspecified atom stereocenters. The van der Waals surface area contributed by atoms with Gasteiger partial charge in [0.2, 0.25) is 11.8 Å². The van der Waals surface area contributed by atoms with Crippen LogP contribution in [0.25, 0.3) is 0 Å². The van der Waals surface area contributed by atoms with Crippen molar-refractivity contribution in [2.24, 2.45) is 5.41 Å². The normalized spacial score (nSPS) is 30.0. The number of likely N-dealkylation sites (tertiary alicyclic amines) is 2. The van der Waals surface area contributed by atoms with Gasteiger partial charge in [0.15, 0.2) is 0 Å². The summed E-state index contributed by atoms with van der Waals surface area (Å²) in [5.41, 5.74) is -0.426. The van der Waals surface area contributed by atoms with E-state index in [0.29, 0.717) is 26.3 Å². The van der Waals surface area contributed by atoms with E-state index in [1.165, 1.54) is 0 Å². The first-order chi connectivity index (χ1) is 11.9. The van der Waals surface area contributed by atoms with Gasteiger partial charge in [-0.1, -0.05) is 0 Å². The zero-order chi connectivity index (χ0) is 18.1. The van der Waals surface area contributed by atoms with Crippen LogP contribution in [-0.4, -0.2) is 96.2 Å². The van der Waals surface area contributed by atoms with Crippen molar-refractivity contribution >= 4 is 11.8 Å². The van der Waals surface area contributed by atoms with Gasteiger partial charge in [-0.2, -0.15) is 0 Å². The molecule has 2 amide bonds. The summed E-state index contributed by atoms with van der Waals surface area (Å²) in [4.78, 5) is 30.5. The number of ether oxygens (including phenoxy) is 1. The van der Waals surface area contributed by atoms with E-state index in [-0.39, 0.29) is 23.8 Å². The van der Waals surface area contributed by atoms with Crippen LogP contribution in [0.4, 0.5) is 0 Å². The molecule has 0 aromatic carbocycles. The number of hydrogen-bond donors (Lipinski definition) is 1. The molecular formula is C18H31N3O4. The van der Waals surface area contributed by atoms with Gasteiger partial charge in [0, 0.05) is 39.6 Å². The minimum absolute atomic E-state index is 0.00595. The molecule has 1 spiro atoms. The molecule has 7 nitrogen and oxygen atoms in total. The highest BCUT2D eigenvalue weighted by Crippen LogP contribution is 2.47. The van der Waals surface area contributed by atoms with Crippen molar-refractivity contribution < 1.29 is 19.4 Å². The van der Waals surface area contributed by atoms with E-state index in [0.717, 1.165) is 45.4 Å². The molecule has 0 bridgehead atoms. The fourth-order valence-electron chi connectivity index (χ4n) is 4.73. The minimum atomic E-state index is -0.466. The molecule has 7 heteroatoms. The van der Waals surface area contributed by atoms with Gasteiger partial charge in [0.25, 0.3) is 0 Å². The highest BCUT2D eigenvalue weighted by molar-refractivity contribution is 5.78. The number of rotatable bonds is 3. The molecule has 3 rings (SSSR count). The molecule has 0 saturated carbocycles. The van der Waals surface area contributed by atoms with Crippen molar-refractivity contribution in [3.05, 3.63) is 0 Å². The van der Waals surface area contributed by atoms with Gasteiger partial charge in [0.05, 0.1) is 31.9 Å².